The van der Waals surface area contributed by atoms with Gasteiger partial charge in [-0.3, -0.25) is 29.4 Å². The van der Waals surface area contributed by atoms with E-state index in [0.717, 1.165) is 157 Å². The number of nitrogens with zero attached hydrogens (tertiary/aromatic N) is 15. The number of aliphatic hydroxyl groups is 1. The maximum Gasteiger partial charge on any atom is 0.124 e. The molecule has 25 nitrogen and oxygen atoms in total. The van der Waals surface area contributed by atoms with Crippen molar-refractivity contribution in [3.63, 3.8) is 0 Å². The van der Waals surface area contributed by atoms with Crippen LogP contribution in [-0.2, 0) is 7.05 Å². The van der Waals surface area contributed by atoms with Gasteiger partial charge in [0, 0.05) is 169 Å². The lowest BCUT2D eigenvalue weighted by molar-refractivity contribution is 0.182. The van der Waals surface area contributed by atoms with Gasteiger partial charge < -0.3 is 63.8 Å². The molecule has 12 aromatic rings. The highest BCUT2D eigenvalue weighted by atomic mass is 16.5. The third kappa shape index (κ3) is 18.3. The molecule has 532 valence electrons. The Bertz CT molecular complexity index is 4630. The number of nitrogens with one attached hydrogen (secondary N) is 3. The molecule has 1 fully saturated rings. The van der Waals surface area contributed by atoms with E-state index in [0.29, 0.717) is 36.7 Å². The van der Waals surface area contributed by atoms with Crippen molar-refractivity contribution in [1.82, 2.24) is 75.2 Å². The van der Waals surface area contributed by atoms with E-state index < -0.39 is 6.10 Å². The summed E-state index contributed by atoms with van der Waals surface area (Å²) >= 11 is 0. The van der Waals surface area contributed by atoms with Crippen molar-refractivity contribution in [2.45, 2.75) is 65.1 Å². The molecule has 25 heteroatoms. The number of likely N-dealkylation sites (tertiary alicyclic amines) is 1. The Hall–Kier alpha value is -11.0. The molecular formula is C77H92N18O7. The fourth-order valence-electron chi connectivity index (χ4n) is 12.1. The van der Waals surface area contributed by atoms with E-state index >= 15 is 0 Å². The van der Waals surface area contributed by atoms with Gasteiger partial charge in [0.25, 0.3) is 0 Å². The second kappa shape index (κ2) is 34.4. The standard InChI is InChI=1S/C29H36N6O2.C24H28N6O3.C24H28N6O2/c1-21(2)35-20-22(18-31-35)29-19-30-27-9-8-23(16-28(27)32-29)34(13-7-12-33-10-5-6-11-33)24-14-25(36-3)17-26(15-24)37-4;1-25-12-19(31)15-30(18-7-20(32-3)10-21(8-18)33-4)17-5-6-22-23(9-17)28-24(13-26-22)16-11-27-29(2)14-16;1-16(2)25-7-8-30(19-9-20(31-3)12-21(10-19)32-4)18-5-6-22-23(11-18)29-24(15-26-22)17-13-27-28-14-17/h8-9,14-21H,5-7,10-13H2,1-4H3;5-11,13-14,19,25,31H,12,15H2,1-4H3;5-6,9-16,25H,7-8H2,1-4H3,(H,27,28). The Morgan fingerprint density at radius 3 is 1.35 bits per heavy atom. The molecule has 13 rings (SSSR count). The fourth-order valence-corrected chi connectivity index (χ4v) is 12.1. The fraction of sp³-hybridized carbons (Fsp3) is 0.338. The minimum absolute atomic E-state index is 0.294. The van der Waals surface area contributed by atoms with Crippen LogP contribution in [0.2, 0.25) is 0 Å². The normalized spacial score (nSPS) is 12.5. The number of hydrogen-bond acceptors (Lipinski definition) is 22. The number of aliphatic hydroxyl groups excluding tert-OH is 1. The Balaban J connectivity index is 0.000000154. The van der Waals surface area contributed by atoms with Crippen LogP contribution in [-0.4, -0.2) is 184 Å². The number of likely N-dealkylation sites (N-methyl/N-ethyl adjacent to an activating group) is 1. The van der Waals surface area contributed by atoms with Crippen molar-refractivity contribution in [2.75, 3.05) is 117 Å². The quantitative estimate of drug-likeness (QED) is 0.0355. The van der Waals surface area contributed by atoms with Crippen molar-refractivity contribution in [2.24, 2.45) is 7.05 Å². The number of benzene rings is 6. The summed E-state index contributed by atoms with van der Waals surface area (Å²) in [6.07, 6.45) is 19.5. The Labute approximate surface area is 595 Å². The number of aromatic amines is 1. The van der Waals surface area contributed by atoms with Gasteiger partial charge in [0.05, 0.1) is 143 Å². The summed E-state index contributed by atoms with van der Waals surface area (Å²) in [6.45, 7) is 15.3. The van der Waals surface area contributed by atoms with E-state index in [1.54, 1.807) is 72.1 Å². The van der Waals surface area contributed by atoms with Crippen LogP contribution in [0, 0.1) is 0 Å². The second-order valence-corrected chi connectivity index (χ2v) is 25.3. The van der Waals surface area contributed by atoms with Gasteiger partial charge in [-0.1, -0.05) is 13.8 Å². The molecule has 1 aliphatic rings. The van der Waals surface area contributed by atoms with Gasteiger partial charge in [-0.25, -0.2) is 15.0 Å². The number of rotatable bonds is 28. The van der Waals surface area contributed by atoms with Crippen LogP contribution < -0.4 is 53.8 Å². The number of ether oxygens (including phenoxy) is 6. The van der Waals surface area contributed by atoms with E-state index in [9.17, 15) is 5.11 Å². The van der Waals surface area contributed by atoms with Crippen LogP contribution in [0.5, 0.6) is 34.5 Å². The maximum absolute atomic E-state index is 10.6. The van der Waals surface area contributed by atoms with Crippen molar-refractivity contribution in [1.29, 1.82) is 0 Å². The van der Waals surface area contributed by atoms with Crippen molar-refractivity contribution >= 4 is 67.2 Å². The highest BCUT2D eigenvalue weighted by Crippen LogP contribution is 2.38. The van der Waals surface area contributed by atoms with Gasteiger partial charge in [-0.15, -0.1) is 0 Å². The van der Waals surface area contributed by atoms with Crippen LogP contribution in [0.25, 0.3) is 66.9 Å². The van der Waals surface area contributed by atoms with E-state index in [4.69, 9.17) is 43.4 Å². The Kier molecular flexibility index (Phi) is 24.4. The first-order valence-electron chi connectivity index (χ1n) is 34.2. The van der Waals surface area contributed by atoms with E-state index in [1.165, 1.54) is 25.9 Å². The lowest BCUT2D eigenvalue weighted by Gasteiger charge is -2.28. The zero-order chi connectivity index (χ0) is 71.7. The number of methoxy groups -OCH3 is 6. The zero-order valence-electron chi connectivity index (χ0n) is 60.2. The maximum atomic E-state index is 10.6. The van der Waals surface area contributed by atoms with E-state index in [-0.39, 0.29) is 0 Å². The first-order valence-corrected chi connectivity index (χ1v) is 34.2. The Morgan fingerprint density at radius 2 is 0.941 bits per heavy atom. The van der Waals surface area contributed by atoms with Crippen LogP contribution in [0.15, 0.2) is 165 Å². The highest BCUT2D eigenvalue weighted by Gasteiger charge is 2.22. The molecule has 0 aliphatic carbocycles. The van der Waals surface area contributed by atoms with Crippen LogP contribution in [0.3, 0.4) is 0 Å². The van der Waals surface area contributed by atoms with Crippen LogP contribution in [0.1, 0.15) is 53.0 Å². The molecule has 1 atom stereocenters. The van der Waals surface area contributed by atoms with Crippen molar-refractivity contribution in [3.05, 3.63) is 165 Å². The molecule has 0 saturated carbocycles. The summed E-state index contributed by atoms with van der Waals surface area (Å²) in [5.41, 5.74) is 15.8. The summed E-state index contributed by atoms with van der Waals surface area (Å²) < 4.78 is 36.8. The first kappa shape index (κ1) is 72.3. The molecule has 1 saturated heterocycles. The van der Waals surface area contributed by atoms with Crippen LogP contribution >= 0.6 is 0 Å². The predicted octanol–water partition coefficient (Wildman–Crippen LogP) is 12.7. The van der Waals surface area contributed by atoms with Gasteiger partial charge in [0.15, 0.2) is 0 Å². The lowest BCUT2D eigenvalue weighted by atomic mass is 10.1. The Morgan fingerprint density at radius 1 is 0.500 bits per heavy atom. The van der Waals surface area contributed by atoms with Gasteiger partial charge in [0.2, 0.25) is 0 Å². The molecule has 7 heterocycles. The molecule has 0 amide bonds. The van der Waals surface area contributed by atoms with Gasteiger partial charge in [-0.05, 0) is 114 Å². The third-order valence-corrected chi connectivity index (χ3v) is 17.5. The van der Waals surface area contributed by atoms with Gasteiger partial charge in [-0.2, -0.15) is 15.3 Å². The molecule has 0 radical (unpaired) electrons. The second-order valence-electron chi connectivity index (χ2n) is 25.3. The largest absolute Gasteiger partial charge is 0.497 e. The number of fused-ring (bicyclic) bond motifs is 3. The minimum Gasteiger partial charge on any atom is -0.497 e. The summed E-state index contributed by atoms with van der Waals surface area (Å²) in [6, 6.07) is 36.5. The summed E-state index contributed by atoms with van der Waals surface area (Å²) in [4.78, 5) is 37.6. The molecule has 102 heavy (non-hydrogen) atoms. The number of hydrogen-bond donors (Lipinski definition) is 4. The van der Waals surface area contributed by atoms with Crippen LogP contribution in [0.4, 0.5) is 34.1 Å². The summed E-state index contributed by atoms with van der Waals surface area (Å²) in [7, 11) is 13.6. The average molecular weight is 1380 g/mol. The summed E-state index contributed by atoms with van der Waals surface area (Å²) in [5.74, 6) is 4.34. The molecule has 4 N–H and O–H groups in total. The predicted molar refractivity (Wildman–Crippen MR) is 403 cm³/mol. The molecule has 6 aromatic carbocycles. The SMILES string of the molecule is CNCC(O)CN(c1cc(OC)cc(OC)c1)c1ccc2ncc(-c3cnn(C)c3)nc2c1.COc1cc(OC)cc(N(CCCN2CCCC2)c2ccc3ncc(-c4cnn(C(C)C)c4)nc3c2)c1.COc1cc(OC)cc(N(CCNC(C)C)c2ccc3ncc(-c4cn[nH]c4)nc3c2)c1. The van der Waals surface area contributed by atoms with Gasteiger partial charge in [0.1, 0.15) is 34.5 Å². The molecule has 6 aromatic heterocycles. The molecular weight excluding hydrogens is 1290 g/mol. The first-order chi connectivity index (χ1) is 49.6. The number of H-pyrrole nitrogens is 1. The monoisotopic (exact) mass is 1380 g/mol. The molecule has 1 aliphatic heterocycles. The van der Waals surface area contributed by atoms with Crippen molar-refractivity contribution in [3.8, 4) is 68.3 Å². The minimum atomic E-state index is -0.601. The lowest BCUT2D eigenvalue weighted by Crippen LogP contribution is -2.35. The topological polar surface area (TPSA) is 254 Å². The summed E-state index contributed by atoms with van der Waals surface area (Å²) in [5, 5.41) is 32.6. The third-order valence-electron chi connectivity index (χ3n) is 17.5. The van der Waals surface area contributed by atoms with Crippen molar-refractivity contribution < 1.29 is 33.5 Å². The zero-order valence-corrected chi connectivity index (χ0v) is 60.2. The molecule has 0 spiro atoms. The highest BCUT2D eigenvalue weighted by molar-refractivity contribution is 5.86. The number of aryl methyl sites for hydroxylation is 1. The molecule has 1 unspecified atom stereocenters. The van der Waals surface area contributed by atoms with E-state index in [1.807, 2.05) is 127 Å². The van der Waals surface area contributed by atoms with E-state index in [2.05, 4.69) is 125 Å². The van der Waals surface area contributed by atoms with Gasteiger partial charge >= 0.3 is 0 Å². The number of anilines is 6. The average Bonchev–Trinajstić information content (AvgIpc) is 1.10. The number of aromatic nitrogens is 12. The smallest absolute Gasteiger partial charge is 0.124 e. The molecule has 0 bridgehead atoms.